The minimum atomic E-state index is -0.401. The van der Waals surface area contributed by atoms with Crippen molar-refractivity contribution in [2.75, 3.05) is 0 Å². The standard InChI is InChI=1S/C22H42O2/c1-2-3-4-5-6-7-8-9-10-11-12-13-14-17-22(23)18-20-15-16-21(19-22)24-20/h20-21,23H,2-19H2,1H3. The summed E-state index contributed by atoms with van der Waals surface area (Å²) in [6.07, 6.45) is 23.9. The number of ether oxygens (including phenoxy) is 1. The molecule has 2 heteroatoms. The minimum Gasteiger partial charge on any atom is -0.390 e. The molecule has 24 heavy (non-hydrogen) atoms. The van der Waals surface area contributed by atoms with E-state index in [9.17, 15) is 5.11 Å². The molecule has 2 nitrogen and oxygen atoms in total. The van der Waals surface area contributed by atoms with E-state index in [0.29, 0.717) is 12.2 Å². The summed E-state index contributed by atoms with van der Waals surface area (Å²) in [6, 6.07) is 0. The van der Waals surface area contributed by atoms with E-state index in [-0.39, 0.29) is 0 Å². The van der Waals surface area contributed by atoms with Crippen molar-refractivity contribution in [3.63, 3.8) is 0 Å². The Labute approximate surface area is 150 Å². The zero-order chi connectivity index (χ0) is 17.1. The summed E-state index contributed by atoms with van der Waals surface area (Å²) in [5, 5.41) is 10.7. The Morgan fingerprint density at radius 2 is 1.12 bits per heavy atom. The van der Waals surface area contributed by atoms with Gasteiger partial charge in [0.15, 0.2) is 0 Å². The fourth-order valence-electron chi connectivity index (χ4n) is 4.69. The summed E-state index contributed by atoms with van der Waals surface area (Å²) in [6.45, 7) is 2.29. The highest BCUT2D eigenvalue weighted by Crippen LogP contribution is 2.40. The molecule has 2 aliphatic heterocycles. The first kappa shape index (κ1) is 20.2. The zero-order valence-corrected chi connectivity index (χ0v) is 16.2. The van der Waals surface area contributed by atoms with Crippen LogP contribution in [0.2, 0.25) is 0 Å². The van der Waals surface area contributed by atoms with Crippen LogP contribution in [0.15, 0.2) is 0 Å². The van der Waals surface area contributed by atoms with Crippen molar-refractivity contribution in [2.24, 2.45) is 0 Å². The minimum absolute atomic E-state index is 0.357. The molecule has 2 bridgehead atoms. The van der Waals surface area contributed by atoms with Crippen molar-refractivity contribution in [1.29, 1.82) is 0 Å². The maximum Gasteiger partial charge on any atom is 0.0697 e. The molecule has 0 aromatic heterocycles. The van der Waals surface area contributed by atoms with Crippen molar-refractivity contribution in [3.8, 4) is 0 Å². The van der Waals surface area contributed by atoms with Gasteiger partial charge in [-0.3, -0.25) is 0 Å². The molecule has 0 aliphatic carbocycles. The van der Waals surface area contributed by atoms with Gasteiger partial charge in [0.25, 0.3) is 0 Å². The fraction of sp³-hybridized carbons (Fsp3) is 1.00. The van der Waals surface area contributed by atoms with Gasteiger partial charge in [0.2, 0.25) is 0 Å². The number of aliphatic hydroxyl groups is 1. The Hall–Kier alpha value is -0.0800. The predicted molar refractivity (Wildman–Crippen MR) is 102 cm³/mol. The van der Waals surface area contributed by atoms with Crippen molar-refractivity contribution in [1.82, 2.24) is 0 Å². The molecule has 142 valence electrons. The second-order valence-electron chi connectivity index (χ2n) is 8.58. The topological polar surface area (TPSA) is 29.5 Å². The van der Waals surface area contributed by atoms with Crippen LogP contribution in [-0.2, 0) is 4.74 Å². The van der Waals surface area contributed by atoms with E-state index in [4.69, 9.17) is 4.74 Å². The molecule has 2 rings (SSSR count). The maximum atomic E-state index is 10.7. The molecule has 2 atom stereocenters. The van der Waals surface area contributed by atoms with Gasteiger partial charge in [-0.1, -0.05) is 90.4 Å². The van der Waals surface area contributed by atoms with Crippen molar-refractivity contribution >= 4 is 0 Å². The number of rotatable bonds is 14. The molecule has 0 spiro atoms. The summed E-state index contributed by atoms with van der Waals surface area (Å²) in [4.78, 5) is 0. The van der Waals surface area contributed by atoms with Crippen molar-refractivity contribution in [3.05, 3.63) is 0 Å². The summed E-state index contributed by atoms with van der Waals surface area (Å²) in [7, 11) is 0. The van der Waals surface area contributed by atoms with Gasteiger partial charge < -0.3 is 9.84 Å². The molecular formula is C22H42O2. The predicted octanol–water partition coefficient (Wildman–Crippen LogP) is 6.54. The van der Waals surface area contributed by atoms with Gasteiger partial charge in [-0.05, 0) is 19.3 Å². The normalized spacial score (nSPS) is 29.2. The lowest BCUT2D eigenvalue weighted by Gasteiger charge is -2.36. The first-order chi connectivity index (χ1) is 11.7. The Morgan fingerprint density at radius 3 is 1.58 bits per heavy atom. The summed E-state index contributed by atoms with van der Waals surface area (Å²) in [5.41, 5.74) is -0.401. The molecule has 0 amide bonds. The Morgan fingerprint density at radius 1 is 0.708 bits per heavy atom. The second kappa shape index (κ2) is 11.5. The summed E-state index contributed by atoms with van der Waals surface area (Å²) in [5.74, 6) is 0. The van der Waals surface area contributed by atoms with E-state index in [0.717, 1.165) is 19.3 Å². The van der Waals surface area contributed by atoms with E-state index >= 15 is 0 Å². The third-order valence-electron chi connectivity index (χ3n) is 6.16. The monoisotopic (exact) mass is 338 g/mol. The zero-order valence-electron chi connectivity index (χ0n) is 16.2. The molecule has 2 fully saturated rings. The van der Waals surface area contributed by atoms with Crippen molar-refractivity contribution in [2.45, 2.75) is 140 Å². The van der Waals surface area contributed by atoms with Crippen LogP contribution in [0.5, 0.6) is 0 Å². The number of hydrogen-bond acceptors (Lipinski definition) is 2. The van der Waals surface area contributed by atoms with Gasteiger partial charge in [0.1, 0.15) is 0 Å². The largest absolute Gasteiger partial charge is 0.390 e. The number of hydrogen-bond donors (Lipinski definition) is 1. The number of fused-ring (bicyclic) bond motifs is 2. The maximum absolute atomic E-state index is 10.7. The van der Waals surface area contributed by atoms with Gasteiger partial charge in [-0.25, -0.2) is 0 Å². The molecule has 2 unspecified atom stereocenters. The van der Waals surface area contributed by atoms with E-state index in [2.05, 4.69) is 6.92 Å². The highest BCUT2D eigenvalue weighted by atomic mass is 16.5. The lowest BCUT2D eigenvalue weighted by Crippen LogP contribution is -2.40. The van der Waals surface area contributed by atoms with Gasteiger partial charge in [0, 0.05) is 12.8 Å². The summed E-state index contributed by atoms with van der Waals surface area (Å²) < 4.78 is 5.85. The first-order valence-corrected chi connectivity index (χ1v) is 11.1. The average Bonchev–Trinajstić information content (AvgIpc) is 2.91. The molecule has 0 aromatic carbocycles. The fourth-order valence-corrected chi connectivity index (χ4v) is 4.69. The van der Waals surface area contributed by atoms with Crippen LogP contribution in [0.1, 0.15) is 122 Å². The molecule has 0 saturated carbocycles. The first-order valence-electron chi connectivity index (χ1n) is 11.1. The molecule has 1 N–H and O–H groups in total. The van der Waals surface area contributed by atoms with Gasteiger partial charge in [-0.15, -0.1) is 0 Å². The van der Waals surface area contributed by atoms with E-state index in [1.54, 1.807) is 0 Å². The third-order valence-corrected chi connectivity index (χ3v) is 6.16. The summed E-state index contributed by atoms with van der Waals surface area (Å²) >= 11 is 0. The Bertz CT molecular complexity index is 303. The van der Waals surface area contributed by atoms with E-state index < -0.39 is 5.60 Å². The van der Waals surface area contributed by atoms with Crippen LogP contribution in [0.3, 0.4) is 0 Å². The molecule has 2 aliphatic rings. The van der Waals surface area contributed by atoms with Gasteiger partial charge in [0.05, 0.1) is 17.8 Å². The smallest absolute Gasteiger partial charge is 0.0697 e. The van der Waals surface area contributed by atoms with Crippen LogP contribution >= 0.6 is 0 Å². The van der Waals surface area contributed by atoms with Crippen LogP contribution in [0.4, 0.5) is 0 Å². The highest BCUT2D eigenvalue weighted by Gasteiger charge is 2.42. The quantitative estimate of drug-likeness (QED) is 0.364. The SMILES string of the molecule is CCCCCCCCCCCCCCCC1(O)CC2CCC(C1)O2. The number of unbranched alkanes of at least 4 members (excludes halogenated alkanes) is 12. The average molecular weight is 339 g/mol. The molecule has 0 aromatic rings. The van der Waals surface area contributed by atoms with Crippen LogP contribution in [0, 0.1) is 0 Å². The molecule has 2 saturated heterocycles. The van der Waals surface area contributed by atoms with Gasteiger partial charge in [-0.2, -0.15) is 0 Å². The second-order valence-corrected chi connectivity index (χ2v) is 8.58. The van der Waals surface area contributed by atoms with Crippen LogP contribution in [0.25, 0.3) is 0 Å². The molecular weight excluding hydrogens is 296 g/mol. The Balaban J connectivity index is 1.34. The van der Waals surface area contributed by atoms with Crippen molar-refractivity contribution < 1.29 is 9.84 Å². The Kier molecular flexibility index (Phi) is 9.71. The highest BCUT2D eigenvalue weighted by molar-refractivity contribution is 4.94. The van der Waals surface area contributed by atoms with Crippen LogP contribution in [-0.4, -0.2) is 22.9 Å². The third kappa shape index (κ3) is 7.87. The lowest BCUT2D eigenvalue weighted by molar-refractivity contribution is -0.115. The van der Waals surface area contributed by atoms with Gasteiger partial charge >= 0.3 is 0 Å². The van der Waals surface area contributed by atoms with Crippen LogP contribution < -0.4 is 0 Å². The van der Waals surface area contributed by atoms with E-state index in [1.807, 2.05) is 0 Å². The molecule has 0 radical (unpaired) electrons. The van der Waals surface area contributed by atoms with E-state index in [1.165, 1.54) is 96.3 Å². The lowest BCUT2D eigenvalue weighted by atomic mass is 9.85. The molecule has 2 heterocycles.